The molecule has 1 atom stereocenters. The van der Waals surface area contributed by atoms with Crippen LogP contribution in [0.25, 0.3) is 11.0 Å². The van der Waals surface area contributed by atoms with Gasteiger partial charge < -0.3 is 34.5 Å². The number of hydrogen-bond acceptors (Lipinski definition) is 17. The molecule has 4 aliphatic rings. The van der Waals surface area contributed by atoms with Crippen LogP contribution in [-0.4, -0.2) is 125 Å². The summed E-state index contributed by atoms with van der Waals surface area (Å²) in [7, 11) is -1.72. The van der Waals surface area contributed by atoms with Crippen LogP contribution in [0.4, 0.5) is 21.6 Å². The minimum absolute atomic E-state index is 0.0175. The number of fused-ring (bicyclic) bond motifs is 1. The second kappa shape index (κ2) is 22.9. The van der Waals surface area contributed by atoms with Crippen LogP contribution in [0.3, 0.4) is 0 Å². The molecule has 4 N–H and O–H groups in total. The van der Waals surface area contributed by atoms with Crippen molar-refractivity contribution in [1.82, 2.24) is 34.5 Å². The molecule has 0 unspecified atom stereocenters. The first-order valence-corrected chi connectivity index (χ1v) is 29.7. The smallest absolute Gasteiger partial charge is 0.312 e. The van der Waals surface area contributed by atoms with E-state index in [1.165, 1.54) is 35.9 Å². The SMILES string of the molecule is COc1cc(CN2CCN(C3CC4(CCN(c5ccc(C(=O)NS(=O)(=O)c6cnc(NCC7CCC(C)(O)CC7)c([N+](=O)[O-])c6)c(Oc6cc7c(F)c[nH]c7nc6OC)c5)CC4)C3)[C@H](c3ccccc3C(C)C)C2)cc(SC)n1. The lowest BCUT2D eigenvalue weighted by Gasteiger charge is -2.58. The summed E-state index contributed by atoms with van der Waals surface area (Å²) in [6.45, 7) is 11.7. The van der Waals surface area contributed by atoms with E-state index >= 15 is 0 Å². The number of ether oxygens (including phenoxy) is 3. The van der Waals surface area contributed by atoms with Crippen molar-refractivity contribution in [3.8, 4) is 23.3 Å². The van der Waals surface area contributed by atoms with Gasteiger partial charge in [0, 0.05) is 94.0 Å². The Bertz CT molecular complexity index is 3310. The van der Waals surface area contributed by atoms with Crippen LogP contribution in [0.5, 0.6) is 23.3 Å². The number of methoxy groups -OCH3 is 2. The van der Waals surface area contributed by atoms with Gasteiger partial charge in [0.2, 0.25) is 11.7 Å². The van der Waals surface area contributed by atoms with Gasteiger partial charge in [-0.05, 0) is 117 Å². The number of nitrogens with zero attached hydrogens (tertiary/aromatic N) is 7. The lowest BCUT2D eigenvalue weighted by atomic mass is 9.59. The van der Waals surface area contributed by atoms with Gasteiger partial charge in [0.05, 0.1) is 41.9 Å². The van der Waals surface area contributed by atoms with Crippen LogP contribution < -0.4 is 29.1 Å². The molecule has 1 amide bonds. The average Bonchev–Trinajstić information content (AvgIpc) is 3.84. The summed E-state index contributed by atoms with van der Waals surface area (Å²) in [5.41, 5.74) is 3.51. The van der Waals surface area contributed by atoms with Gasteiger partial charge in [-0.3, -0.25) is 24.7 Å². The molecule has 2 aliphatic carbocycles. The Hall–Kier alpha value is -6.59. The highest BCUT2D eigenvalue weighted by Gasteiger charge is 2.50. The fraction of sp³-hybridized carbons (Fsp3) is 0.474. The normalized spacial score (nSPS) is 21.0. The first kappa shape index (κ1) is 55.7. The molecule has 0 radical (unpaired) electrons. The van der Waals surface area contributed by atoms with Crippen molar-refractivity contribution in [3.05, 3.63) is 117 Å². The van der Waals surface area contributed by atoms with Crippen molar-refractivity contribution in [2.24, 2.45) is 11.3 Å². The fourth-order valence-electron chi connectivity index (χ4n) is 12.1. The van der Waals surface area contributed by atoms with Gasteiger partial charge in [-0.25, -0.2) is 27.5 Å². The Balaban J connectivity index is 0.858. The molecule has 2 saturated heterocycles. The third-order valence-electron chi connectivity index (χ3n) is 16.6. The second-order valence-electron chi connectivity index (χ2n) is 22.2. The highest BCUT2D eigenvalue weighted by Crippen LogP contribution is 2.54. The average molecular weight is 1120 g/mol. The Kier molecular flexibility index (Phi) is 16.1. The molecule has 4 aromatic heterocycles. The molecule has 2 saturated carbocycles. The summed E-state index contributed by atoms with van der Waals surface area (Å²) >= 11 is 1.61. The Morgan fingerprint density at radius 1 is 0.987 bits per heavy atom. The molecule has 2 aromatic carbocycles. The quantitative estimate of drug-likeness (QED) is 0.0356. The third-order valence-corrected chi connectivity index (χ3v) is 18.6. The predicted octanol–water partition coefficient (Wildman–Crippen LogP) is 9.83. The highest BCUT2D eigenvalue weighted by atomic mass is 32.2. The minimum atomic E-state index is -4.75. The molecule has 2 aliphatic heterocycles. The van der Waals surface area contributed by atoms with E-state index < -0.39 is 42.9 Å². The number of piperidine rings is 1. The van der Waals surface area contributed by atoms with E-state index in [0.717, 1.165) is 94.1 Å². The number of aromatic amines is 1. The number of anilines is 2. The molecule has 22 heteroatoms. The molecule has 10 rings (SSSR count). The van der Waals surface area contributed by atoms with E-state index in [4.69, 9.17) is 14.2 Å². The van der Waals surface area contributed by atoms with Crippen molar-refractivity contribution in [3.63, 3.8) is 0 Å². The summed E-state index contributed by atoms with van der Waals surface area (Å²) in [5, 5.41) is 26.6. The Morgan fingerprint density at radius 3 is 2.46 bits per heavy atom. The number of benzene rings is 2. The molecule has 6 heterocycles. The fourth-order valence-corrected chi connectivity index (χ4v) is 13.5. The third kappa shape index (κ3) is 12.1. The Labute approximate surface area is 464 Å². The molecule has 19 nitrogen and oxygen atoms in total. The summed E-state index contributed by atoms with van der Waals surface area (Å²) in [6.07, 6.45) is 10.8. The molecule has 0 bridgehead atoms. The van der Waals surface area contributed by atoms with Crippen LogP contribution >= 0.6 is 11.8 Å². The molecule has 4 fully saturated rings. The summed E-state index contributed by atoms with van der Waals surface area (Å²) in [6, 6.07) is 20.9. The molecular weight excluding hydrogens is 1050 g/mol. The maximum atomic E-state index is 14.9. The number of rotatable bonds is 18. The number of sulfonamides is 1. The van der Waals surface area contributed by atoms with Gasteiger partial charge >= 0.3 is 5.69 Å². The number of aromatic nitrogens is 4. The number of hydrogen-bond donors (Lipinski definition) is 4. The predicted molar refractivity (Wildman–Crippen MR) is 300 cm³/mol. The summed E-state index contributed by atoms with van der Waals surface area (Å²) < 4.78 is 62.3. The largest absolute Gasteiger partial charge is 0.481 e. The number of amides is 1. The molecule has 79 heavy (non-hydrogen) atoms. The molecular formula is C57H69FN10O9S2. The van der Waals surface area contributed by atoms with E-state index in [2.05, 4.69) is 88.9 Å². The summed E-state index contributed by atoms with van der Waals surface area (Å²) in [4.78, 5) is 48.5. The monoisotopic (exact) mass is 1120 g/mol. The van der Waals surface area contributed by atoms with Crippen molar-refractivity contribution in [1.29, 1.82) is 0 Å². The lowest BCUT2D eigenvalue weighted by Crippen LogP contribution is -2.60. The van der Waals surface area contributed by atoms with Crippen molar-refractivity contribution in [2.75, 3.05) is 70.0 Å². The van der Waals surface area contributed by atoms with Gasteiger partial charge in [-0.2, -0.15) is 4.98 Å². The molecule has 420 valence electrons. The molecule has 6 aromatic rings. The maximum Gasteiger partial charge on any atom is 0.312 e. The lowest BCUT2D eigenvalue weighted by molar-refractivity contribution is -0.384. The number of thioether (sulfide) groups is 1. The van der Waals surface area contributed by atoms with Gasteiger partial charge in [0.25, 0.3) is 21.8 Å². The van der Waals surface area contributed by atoms with Crippen molar-refractivity contribution in [2.45, 2.75) is 112 Å². The van der Waals surface area contributed by atoms with Crippen LogP contribution in [0.1, 0.15) is 111 Å². The highest BCUT2D eigenvalue weighted by molar-refractivity contribution is 7.98. The number of piperazine rings is 1. The second-order valence-corrected chi connectivity index (χ2v) is 24.8. The number of H-pyrrole nitrogens is 1. The number of halogens is 1. The number of aliphatic hydroxyl groups is 1. The first-order chi connectivity index (χ1) is 37.8. The number of carbonyl (C=O) groups is 1. The minimum Gasteiger partial charge on any atom is -0.481 e. The van der Waals surface area contributed by atoms with Gasteiger partial charge in [-0.1, -0.05) is 38.1 Å². The molecule has 1 spiro atoms. The number of nitro groups is 1. The Morgan fingerprint density at radius 2 is 1.75 bits per heavy atom. The zero-order chi connectivity index (χ0) is 55.8. The zero-order valence-electron chi connectivity index (χ0n) is 45.5. The van der Waals surface area contributed by atoms with E-state index in [1.807, 2.05) is 12.3 Å². The summed E-state index contributed by atoms with van der Waals surface area (Å²) in [5.74, 6) is -0.770. The van der Waals surface area contributed by atoms with E-state index in [1.54, 1.807) is 37.9 Å². The van der Waals surface area contributed by atoms with Crippen molar-refractivity contribution >= 4 is 55.9 Å². The van der Waals surface area contributed by atoms with Crippen molar-refractivity contribution < 1.29 is 41.8 Å². The van der Waals surface area contributed by atoms with E-state index in [9.17, 15) is 32.8 Å². The first-order valence-electron chi connectivity index (χ1n) is 27.0. The van der Waals surface area contributed by atoms with Crippen LogP contribution in [-0.2, 0) is 16.6 Å². The maximum absolute atomic E-state index is 14.9. The van der Waals surface area contributed by atoms with Crippen LogP contribution in [0.2, 0.25) is 0 Å². The van der Waals surface area contributed by atoms with E-state index in [0.29, 0.717) is 50.1 Å². The number of carbonyl (C=O) groups excluding carboxylic acids is 1. The van der Waals surface area contributed by atoms with Crippen LogP contribution in [0.15, 0.2) is 89.0 Å². The van der Waals surface area contributed by atoms with Gasteiger partial charge in [0.1, 0.15) is 27.1 Å². The topological polar surface area (TPSA) is 231 Å². The van der Waals surface area contributed by atoms with Gasteiger partial charge in [-0.15, -0.1) is 11.8 Å². The number of pyridine rings is 3. The van der Waals surface area contributed by atoms with Crippen LogP contribution in [0, 0.1) is 27.3 Å². The standard InChI is InChI=1S/C57H69FN10O9S2/c1-35(2)41-9-7-8-10-42(41)47-34-65(33-37-23-50(75-4)62-51(24-37)78-6)21-22-67(47)39-28-57(29-39)17-19-66(20-18-57)38-11-12-43(48(25-38)77-49-27-44-45(58)32-61-52(44)63-55(49)76-5)54(69)64-79(73,74)40-26-46(68(71)72)53(60-31-40)59-30-36-13-15-56(3,70)16-14-36/h7-12,23-27,31-32,35-36,39,47,70H,13-22,28-30,33-34H2,1-6H3,(H,59,60)(H,61,63)(H,64,69)/t36?,47-,56?/m0/s1. The van der Waals surface area contributed by atoms with Gasteiger partial charge in [0.15, 0.2) is 5.75 Å². The zero-order valence-corrected chi connectivity index (χ0v) is 47.1. The van der Waals surface area contributed by atoms with E-state index in [-0.39, 0.29) is 57.2 Å². The number of nitrogens with one attached hydrogen (secondary N) is 3.